The van der Waals surface area contributed by atoms with Crippen LogP contribution in [0.15, 0.2) is 18.2 Å². The van der Waals surface area contributed by atoms with Gasteiger partial charge in [-0.2, -0.15) is 0 Å². The van der Waals surface area contributed by atoms with Crippen LogP contribution in [0, 0.1) is 5.82 Å². The van der Waals surface area contributed by atoms with E-state index in [0.717, 1.165) is 12.1 Å². The number of rotatable bonds is 1. The minimum atomic E-state index is -0.157. The summed E-state index contributed by atoms with van der Waals surface area (Å²) in [4.78, 5) is 0. The summed E-state index contributed by atoms with van der Waals surface area (Å²) >= 11 is 0. The second kappa shape index (κ2) is 3.02. The van der Waals surface area contributed by atoms with E-state index in [4.69, 9.17) is 0 Å². The van der Waals surface area contributed by atoms with Crippen LogP contribution in [-0.4, -0.2) is 6.04 Å². The Labute approximate surface area is 78.0 Å². The van der Waals surface area contributed by atoms with Crippen LogP contribution in [0.2, 0.25) is 0 Å². The maximum absolute atomic E-state index is 12.9. The van der Waals surface area contributed by atoms with E-state index in [-0.39, 0.29) is 5.82 Å². The molecule has 1 N–H and O–H groups in total. The predicted octanol–water partition coefficient (Wildman–Crippen LogP) is 3.13. The van der Waals surface area contributed by atoms with E-state index in [1.165, 1.54) is 5.56 Å². The molecule has 0 radical (unpaired) electrons. The zero-order valence-electron chi connectivity index (χ0n) is 7.97. The van der Waals surface area contributed by atoms with Gasteiger partial charge in [0.1, 0.15) is 5.82 Å². The van der Waals surface area contributed by atoms with Crippen molar-refractivity contribution in [1.29, 1.82) is 0 Å². The van der Waals surface area contributed by atoms with Crippen molar-refractivity contribution < 1.29 is 4.39 Å². The molecular formula is C11H14FN. The van der Waals surface area contributed by atoms with Crippen molar-refractivity contribution in [3.63, 3.8) is 0 Å². The van der Waals surface area contributed by atoms with Crippen LogP contribution in [0.25, 0.3) is 0 Å². The first kappa shape index (κ1) is 8.54. The molecule has 0 fully saturated rings. The third-order valence-electron chi connectivity index (χ3n) is 2.84. The topological polar surface area (TPSA) is 12.0 Å². The fraction of sp³-hybridized carbons (Fsp3) is 0.455. The average Bonchev–Trinajstić information content (AvgIpc) is 2.39. The van der Waals surface area contributed by atoms with Gasteiger partial charge in [0.25, 0.3) is 0 Å². The molecule has 1 aromatic carbocycles. The smallest absolute Gasteiger partial charge is 0.125 e. The zero-order valence-corrected chi connectivity index (χ0v) is 7.97. The van der Waals surface area contributed by atoms with Gasteiger partial charge in [-0.15, -0.1) is 0 Å². The summed E-state index contributed by atoms with van der Waals surface area (Å²) in [5, 5.41) is 3.30. The van der Waals surface area contributed by atoms with Gasteiger partial charge in [0.2, 0.25) is 0 Å². The van der Waals surface area contributed by atoms with E-state index in [9.17, 15) is 4.39 Å². The van der Waals surface area contributed by atoms with E-state index in [2.05, 4.69) is 19.2 Å². The van der Waals surface area contributed by atoms with Gasteiger partial charge in [0, 0.05) is 17.6 Å². The molecule has 0 amide bonds. The van der Waals surface area contributed by atoms with Crippen molar-refractivity contribution in [2.75, 3.05) is 5.32 Å². The molecule has 1 nitrogen and oxygen atoms in total. The molecule has 0 saturated heterocycles. The second-order valence-electron chi connectivity index (χ2n) is 3.68. The molecule has 0 saturated carbocycles. The van der Waals surface area contributed by atoms with Crippen molar-refractivity contribution in [2.45, 2.75) is 32.2 Å². The summed E-state index contributed by atoms with van der Waals surface area (Å²) in [7, 11) is 0. The van der Waals surface area contributed by atoms with Crippen LogP contribution >= 0.6 is 0 Å². The molecule has 70 valence electrons. The Bertz CT molecular complexity index is 322. The first-order chi connectivity index (χ1) is 6.22. The Balaban J connectivity index is 2.42. The third-order valence-corrected chi connectivity index (χ3v) is 2.84. The lowest BCUT2D eigenvalue weighted by Crippen LogP contribution is -2.14. The summed E-state index contributed by atoms with van der Waals surface area (Å²) in [5.74, 6) is 0.380. The van der Waals surface area contributed by atoms with Crippen LogP contribution in [0.5, 0.6) is 0 Å². The minimum absolute atomic E-state index is 0.157. The second-order valence-corrected chi connectivity index (χ2v) is 3.68. The van der Waals surface area contributed by atoms with Gasteiger partial charge in [-0.05, 0) is 31.0 Å². The Kier molecular flexibility index (Phi) is 1.98. The Morgan fingerprint density at radius 3 is 2.92 bits per heavy atom. The molecule has 1 aliphatic heterocycles. The summed E-state index contributed by atoms with van der Waals surface area (Å²) < 4.78 is 12.9. The lowest BCUT2D eigenvalue weighted by atomic mass is 9.94. The van der Waals surface area contributed by atoms with Crippen LogP contribution in [-0.2, 0) is 0 Å². The molecule has 0 spiro atoms. The highest BCUT2D eigenvalue weighted by molar-refractivity contribution is 5.59. The first-order valence-electron chi connectivity index (χ1n) is 4.78. The van der Waals surface area contributed by atoms with Crippen LogP contribution in [0.3, 0.4) is 0 Å². The number of fused-ring (bicyclic) bond motifs is 1. The lowest BCUT2D eigenvalue weighted by molar-refractivity contribution is 0.611. The van der Waals surface area contributed by atoms with Crippen LogP contribution in [0.1, 0.15) is 31.7 Å². The van der Waals surface area contributed by atoms with E-state index < -0.39 is 0 Å². The minimum Gasteiger partial charge on any atom is -0.382 e. The highest BCUT2D eigenvalue weighted by Gasteiger charge is 2.27. The van der Waals surface area contributed by atoms with Gasteiger partial charge in [-0.3, -0.25) is 0 Å². The first-order valence-corrected chi connectivity index (χ1v) is 4.78. The van der Waals surface area contributed by atoms with Crippen LogP contribution in [0.4, 0.5) is 10.1 Å². The molecule has 2 atom stereocenters. The third kappa shape index (κ3) is 1.30. The molecule has 0 aliphatic carbocycles. The van der Waals surface area contributed by atoms with Gasteiger partial charge < -0.3 is 5.32 Å². The molecule has 13 heavy (non-hydrogen) atoms. The van der Waals surface area contributed by atoms with Gasteiger partial charge in [0.15, 0.2) is 0 Å². The number of hydrogen-bond acceptors (Lipinski definition) is 1. The molecule has 1 heterocycles. The van der Waals surface area contributed by atoms with Crippen molar-refractivity contribution in [3.05, 3.63) is 29.6 Å². The molecule has 2 unspecified atom stereocenters. The molecule has 1 aromatic rings. The SMILES string of the molecule is CCC1c2ccc(F)cc2NC1C. The van der Waals surface area contributed by atoms with Crippen molar-refractivity contribution >= 4 is 5.69 Å². The zero-order chi connectivity index (χ0) is 9.42. The Morgan fingerprint density at radius 1 is 1.46 bits per heavy atom. The standard InChI is InChI=1S/C11H14FN/c1-3-9-7(2)13-11-6-8(12)4-5-10(9)11/h4-7,9,13H,3H2,1-2H3. The summed E-state index contributed by atoms with van der Waals surface area (Å²) in [5.41, 5.74) is 2.23. The van der Waals surface area contributed by atoms with Crippen LogP contribution < -0.4 is 5.32 Å². The predicted molar refractivity (Wildman–Crippen MR) is 52.5 cm³/mol. The Morgan fingerprint density at radius 2 is 2.23 bits per heavy atom. The quantitative estimate of drug-likeness (QED) is 0.698. The van der Waals surface area contributed by atoms with E-state index in [0.29, 0.717) is 12.0 Å². The van der Waals surface area contributed by atoms with Gasteiger partial charge in [0.05, 0.1) is 0 Å². The monoisotopic (exact) mass is 179 g/mol. The van der Waals surface area contributed by atoms with Crippen molar-refractivity contribution in [2.24, 2.45) is 0 Å². The largest absolute Gasteiger partial charge is 0.382 e. The maximum Gasteiger partial charge on any atom is 0.125 e. The maximum atomic E-state index is 12.9. The van der Waals surface area contributed by atoms with E-state index in [1.54, 1.807) is 12.1 Å². The molecule has 1 aliphatic rings. The Hall–Kier alpha value is -1.05. The highest BCUT2D eigenvalue weighted by Crippen LogP contribution is 2.37. The number of anilines is 1. The van der Waals surface area contributed by atoms with Crippen molar-refractivity contribution in [3.8, 4) is 0 Å². The van der Waals surface area contributed by atoms with Gasteiger partial charge >= 0.3 is 0 Å². The number of nitrogens with one attached hydrogen (secondary N) is 1. The van der Waals surface area contributed by atoms with Gasteiger partial charge in [-0.1, -0.05) is 13.0 Å². The van der Waals surface area contributed by atoms with Gasteiger partial charge in [-0.25, -0.2) is 4.39 Å². The summed E-state index contributed by atoms with van der Waals surface area (Å²) in [6.45, 7) is 4.31. The fourth-order valence-electron chi connectivity index (χ4n) is 2.17. The normalized spacial score (nSPS) is 25.5. The molecule has 0 bridgehead atoms. The summed E-state index contributed by atoms with van der Waals surface area (Å²) in [6, 6.07) is 5.46. The average molecular weight is 179 g/mol. The van der Waals surface area contributed by atoms with Crippen molar-refractivity contribution in [1.82, 2.24) is 0 Å². The summed E-state index contributed by atoms with van der Waals surface area (Å²) in [6.07, 6.45) is 1.10. The number of benzene rings is 1. The van der Waals surface area contributed by atoms with E-state index >= 15 is 0 Å². The molecular weight excluding hydrogens is 165 g/mol. The number of hydrogen-bond donors (Lipinski definition) is 1. The van der Waals surface area contributed by atoms with E-state index in [1.807, 2.05) is 6.07 Å². The fourth-order valence-corrected chi connectivity index (χ4v) is 2.17. The molecule has 2 rings (SSSR count). The molecule has 0 aromatic heterocycles. The molecule has 2 heteroatoms. The lowest BCUT2D eigenvalue weighted by Gasteiger charge is -2.12. The number of halogens is 1. The highest BCUT2D eigenvalue weighted by atomic mass is 19.1.